The van der Waals surface area contributed by atoms with E-state index in [-0.39, 0.29) is 24.3 Å². The van der Waals surface area contributed by atoms with Crippen LogP contribution in [-0.2, 0) is 24.4 Å². The lowest BCUT2D eigenvalue weighted by Gasteiger charge is -2.18. The number of hydrogen-bond acceptors (Lipinski definition) is 6. The lowest BCUT2D eigenvalue weighted by Crippen LogP contribution is -2.24. The standard InChI is InChI=1S/C34H32F2N4O3S2/c1-4-43-33(42)26-20-40(19-24-27(35)11-8-12-28(24)36)32-29(30(26)41)25(18-39(3)17-21-9-6-5-7-10-21)31(45-32)22-13-15-23(16-14-22)38-34(44)37-2/h5-16,20H,4,17-19H2,1-3H3,(H2,37,38,44). The number of halogens is 2. The number of nitrogens with zero attached hydrogens (tertiary/aromatic N) is 2. The molecule has 0 atom stereocenters. The summed E-state index contributed by atoms with van der Waals surface area (Å²) in [6.07, 6.45) is 1.35. The molecule has 2 aromatic heterocycles. The van der Waals surface area contributed by atoms with Gasteiger partial charge < -0.3 is 19.9 Å². The van der Waals surface area contributed by atoms with Gasteiger partial charge in [-0.1, -0.05) is 48.5 Å². The van der Waals surface area contributed by atoms with Crippen LogP contribution in [0, 0.1) is 11.6 Å². The van der Waals surface area contributed by atoms with Crippen LogP contribution in [0.25, 0.3) is 20.7 Å². The van der Waals surface area contributed by atoms with Crippen molar-refractivity contribution in [2.24, 2.45) is 0 Å². The van der Waals surface area contributed by atoms with Crippen LogP contribution in [0.3, 0.4) is 0 Å². The van der Waals surface area contributed by atoms with Crippen molar-refractivity contribution in [2.45, 2.75) is 26.6 Å². The van der Waals surface area contributed by atoms with Crippen LogP contribution in [0.1, 0.15) is 34.0 Å². The molecular weight excluding hydrogens is 615 g/mol. The fourth-order valence-electron chi connectivity index (χ4n) is 5.12. The molecule has 0 radical (unpaired) electrons. The van der Waals surface area contributed by atoms with Gasteiger partial charge in [0.1, 0.15) is 22.0 Å². The second kappa shape index (κ2) is 14.1. The van der Waals surface area contributed by atoms with Crippen molar-refractivity contribution in [1.82, 2.24) is 14.8 Å². The minimum absolute atomic E-state index is 0.0666. The number of nitrogens with one attached hydrogen (secondary N) is 2. The molecule has 11 heteroatoms. The number of carbonyl (C=O) groups is 1. The van der Waals surface area contributed by atoms with Crippen molar-refractivity contribution in [3.63, 3.8) is 0 Å². The Hall–Kier alpha value is -4.45. The minimum atomic E-state index is -0.792. The largest absolute Gasteiger partial charge is 0.462 e. The summed E-state index contributed by atoms with van der Waals surface area (Å²) in [5.41, 5.74) is 2.55. The molecule has 2 N–H and O–H groups in total. The van der Waals surface area contributed by atoms with E-state index in [1.54, 1.807) is 18.5 Å². The summed E-state index contributed by atoms with van der Waals surface area (Å²) in [6.45, 7) is 2.46. The average molecular weight is 647 g/mol. The first kappa shape index (κ1) is 32.0. The molecule has 0 fully saturated rings. The highest BCUT2D eigenvalue weighted by molar-refractivity contribution is 7.80. The van der Waals surface area contributed by atoms with Crippen LogP contribution < -0.4 is 16.1 Å². The van der Waals surface area contributed by atoms with Gasteiger partial charge in [0.05, 0.1) is 18.5 Å². The van der Waals surface area contributed by atoms with Crippen LogP contribution in [0.2, 0.25) is 0 Å². The fraction of sp³-hybridized carbons (Fsp3) is 0.206. The summed E-state index contributed by atoms with van der Waals surface area (Å²) < 4.78 is 36.5. The molecule has 232 valence electrons. The molecule has 0 amide bonds. The maximum absolute atomic E-state index is 14.8. The molecule has 0 aliphatic heterocycles. The molecule has 5 aromatic rings. The highest BCUT2D eigenvalue weighted by Gasteiger charge is 2.25. The van der Waals surface area contributed by atoms with E-state index in [9.17, 15) is 18.4 Å². The van der Waals surface area contributed by atoms with Crippen molar-refractivity contribution in [3.8, 4) is 10.4 Å². The second-order valence-electron chi connectivity index (χ2n) is 10.4. The van der Waals surface area contributed by atoms with E-state index in [0.717, 1.165) is 21.7 Å². The Kier molecular flexibility index (Phi) is 10.0. The topological polar surface area (TPSA) is 75.6 Å². The zero-order chi connectivity index (χ0) is 32.1. The normalized spacial score (nSPS) is 11.2. The Morgan fingerprint density at radius 1 is 0.978 bits per heavy atom. The summed E-state index contributed by atoms with van der Waals surface area (Å²) in [5.74, 6) is -2.23. The van der Waals surface area contributed by atoms with Gasteiger partial charge in [-0.3, -0.25) is 9.69 Å². The van der Waals surface area contributed by atoms with Crippen molar-refractivity contribution < 1.29 is 18.3 Å². The number of anilines is 1. The number of carbonyl (C=O) groups excluding carboxylic acids is 1. The molecule has 0 saturated heterocycles. The molecule has 0 aliphatic rings. The summed E-state index contributed by atoms with van der Waals surface area (Å²) in [5, 5.41) is 6.76. The maximum atomic E-state index is 14.8. The summed E-state index contributed by atoms with van der Waals surface area (Å²) in [7, 11) is 3.68. The third-order valence-corrected chi connectivity index (χ3v) is 8.87. The molecule has 0 bridgehead atoms. The number of aromatic nitrogens is 1. The van der Waals surface area contributed by atoms with Crippen molar-refractivity contribution in [1.29, 1.82) is 0 Å². The summed E-state index contributed by atoms with van der Waals surface area (Å²) in [4.78, 5) is 30.5. The number of hydrogen-bond donors (Lipinski definition) is 2. The maximum Gasteiger partial charge on any atom is 0.343 e. The van der Waals surface area contributed by atoms with Crippen molar-refractivity contribution in [3.05, 3.63) is 123 Å². The van der Waals surface area contributed by atoms with Gasteiger partial charge in [0.15, 0.2) is 5.11 Å². The van der Waals surface area contributed by atoms with Gasteiger partial charge in [-0.05, 0) is 67.1 Å². The zero-order valence-electron chi connectivity index (χ0n) is 25.0. The van der Waals surface area contributed by atoms with Crippen LogP contribution in [0.15, 0.2) is 83.8 Å². The molecule has 0 saturated carbocycles. The molecule has 0 aliphatic carbocycles. The predicted octanol–water partition coefficient (Wildman–Crippen LogP) is 6.78. The monoisotopic (exact) mass is 646 g/mol. The first-order valence-corrected chi connectivity index (χ1v) is 15.5. The Bertz CT molecular complexity index is 1890. The first-order valence-electron chi connectivity index (χ1n) is 14.3. The number of benzene rings is 3. The Balaban J connectivity index is 1.72. The van der Waals surface area contributed by atoms with Crippen LogP contribution in [0.5, 0.6) is 0 Å². The quantitative estimate of drug-likeness (QED) is 0.128. The number of thiocarbonyl (C=S) groups is 1. The molecule has 0 spiro atoms. The van der Waals surface area contributed by atoms with Gasteiger partial charge >= 0.3 is 5.97 Å². The molecule has 45 heavy (non-hydrogen) atoms. The third kappa shape index (κ3) is 7.11. The lowest BCUT2D eigenvalue weighted by atomic mass is 10.0. The van der Waals surface area contributed by atoms with Gasteiger partial charge in [-0.25, -0.2) is 13.6 Å². The molecule has 2 heterocycles. The molecule has 0 unspecified atom stereocenters. The minimum Gasteiger partial charge on any atom is -0.462 e. The van der Waals surface area contributed by atoms with E-state index < -0.39 is 23.0 Å². The average Bonchev–Trinajstić information content (AvgIpc) is 3.40. The van der Waals surface area contributed by atoms with Crippen LogP contribution in [-0.4, -0.2) is 41.3 Å². The number of esters is 1. The number of rotatable bonds is 10. The number of pyridine rings is 1. The SMILES string of the molecule is CCOC(=O)c1cn(Cc2c(F)cccc2F)c2sc(-c3ccc(NC(=S)NC)cc3)c(CN(C)Cc3ccccc3)c2c1=O. The van der Waals surface area contributed by atoms with Gasteiger partial charge in [-0.2, -0.15) is 0 Å². The predicted molar refractivity (Wildman–Crippen MR) is 180 cm³/mol. The Labute approximate surface area is 269 Å². The van der Waals surface area contributed by atoms with Crippen LogP contribution in [0.4, 0.5) is 14.5 Å². The number of ether oxygens (including phenoxy) is 1. The second-order valence-corrected chi connectivity index (χ2v) is 11.9. The Morgan fingerprint density at radius 2 is 1.67 bits per heavy atom. The third-order valence-electron chi connectivity index (χ3n) is 7.25. The van der Waals surface area contributed by atoms with Crippen LogP contribution >= 0.6 is 23.6 Å². The van der Waals surface area contributed by atoms with Gasteiger partial charge in [0.2, 0.25) is 5.43 Å². The first-order chi connectivity index (χ1) is 21.7. The van der Waals surface area contributed by atoms with E-state index >= 15 is 0 Å². The van der Waals surface area contributed by atoms with Crippen molar-refractivity contribution in [2.75, 3.05) is 26.0 Å². The molecule has 7 nitrogen and oxygen atoms in total. The highest BCUT2D eigenvalue weighted by atomic mass is 32.1. The highest BCUT2D eigenvalue weighted by Crippen LogP contribution is 2.39. The van der Waals surface area contributed by atoms with E-state index in [4.69, 9.17) is 17.0 Å². The van der Waals surface area contributed by atoms with E-state index in [2.05, 4.69) is 15.5 Å². The number of thiophene rings is 1. The van der Waals surface area contributed by atoms with Gasteiger partial charge in [0, 0.05) is 42.5 Å². The Morgan fingerprint density at radius 3 is 2.31 bits per heavy atom. The molecule has 5 rings (SSSR count). The van der Waals surface area contributed by atoms with Crippen molar-refractivity contribution >= 4 is 50.5 Å². The summed E-state index contributed by atoms with van der Waals surface area (Å²) in [6, 6.07) is 21.2. The van der Waals surface area contributed by atoms with E-state index in [0.29, 0.717) is 34.0 Å². The van der Waals surface area contributed by atoms with Gasteiger partial charge in [-0.15, -0.1) is 11.3 Å². The fourth-order valence-corrected chi connectivity index (χ4v) is 6.53. The molecular formula is C34H32F2N4O3S2. The zero-order valence-corrected chi connectivity index (χ0v) is 26.7. The lowest BCUT2D eigenvalue weighted by molar-refractivity contribution is 0.0524. The number of fused-ring (bicyclic) bond motifs is 1. The van der Waals surface area contributed by atoms with E-state index in [1.165, 1.54) is 35.7 Å². The summed E-state index contributed by atoms with van der Waals surface area (Å²) >= 11 is 6.56. The molecule has 3 aromatic carbocycles. The smallest absolute Gasteiger partial charge is 0.343 e. The van der Waals surface area contributed by atoms with E-state index in [1.807, 2.05) is 61.6 Å². The van der Waals surface area contributed by atoms with Gasteiger partial charge in [0.25, 0.3) is 0 Å².